The minimum absolute atomic E-state index is 0.141. The van der Waals surface area contributed by atoms with E-state index < -0.39 is 6.10 Å². The summed E-state index contributed by atoms with van der Waals surface area (Å²) in [7, 11) is 0. The van der Waals surface area contributed by atoms with Crippen molar-refractivity contribution in [1.29, 1.82) is 0 Å². The topological polar surface area (TPSA) is 46.5 Å². The van der Waals surface area contributed by atoms with Crippen molar-refractivity contribution in [2.24, 2.45) is 0 Å². The van der Waals surface area contributed by atoms with Crippen LogP contribution in [0.3, 0.4) is 0 Å². The number of carbonyl (C=O) groups excluding carboxylic acids is 1. The van der Waals surface area contributed by atoms with Crippen LogP contribution in [0, 0.1) is 0 Å². The van der Waals surface area contributed by atoms with E-state index in [0.717, 1.165) is 19.3 Å². The highest BCUT2D eigenvalue weighted by Crippen LogP contribution is 2.17. The van der Waals surface area contributed by atoms with Gasteiger partial charge in [-0.3, -0.25) is 0 Å². The van der Waals surface area contributed by atoms with Crippen LogP contribution in [0.2, 0.25) is 0 Å². The average molecular weight is 280 g/mol. The summed E-state index contributed by atoms with van der Waals surface area (Å²) in [5.41, 5.74) is 0.646. The summed E-state index contributed by atoms with van der Waals surface area (Å²) < 4.78 is 4.88. The fourth-order valence-corrected chi connectivity index (χ4v) is 2.42. The van der Waals surface area contributed by atoms with Gasteiger partial charge in [0.2, 0.25) is 0 Å². The Hall–Kier alpha value is -1.09. The Morgan fingerprint density at radius 3 is 2.35 bits per heavy atom. The lowest BCUT2D eigenvalue weighted by atomic mass is 10.0. The number of hydrogen-bond donors (Lipinski definition) is 1. The molecule has 1 fully saturated rings. The van der Waals surface area contributed by atoms with Crippen LogP contribution in [0.25, 0.3) is 0 Å². The first-order valence-corrected chi connectivity index (χ1v) is 7.89. The van der Waals surface area contributed by atoms with Gasteiger partial charge < -0.3 is 9.84 Å². The third-order valence-electron chi connectivity index (χ3n) is 3.63. The molecule has 3 heteroatoms. The second-order valence-corrected chi connectivity index (χ2v) is 5.53. The Morgan fingerprint density at radius 1 is 1.10 bits per heavy atom. The van der Waals surface area contributed by atoms with Crippen LogP contribution in [0.1, 0.15) is 64.2 Å². The Morgan fingerprint density at radius 2 is 1.70 bits per heavy atom. The van der Waals surface area contributed by atoms with E-state index in [-0.39, 0.29) is 12.6 Å². The van der Waals surface area contributed by atoms with Crippen LogP contribution in [-0.4, -0.2) is 23.8 Å². The molecule has 1 unspecified atom stereocenters. The van der Waals surface area contributed by atoms with Gasteiger partial charge in [-0.15, -0.1) is 6.58 Å². The summed E-state index contributed by atoms with van der Waals surface area (Å²) in [5, 5.41) is 9.43. The zero-order chi connectivity index (χ0) is 14.6. The maximum Gasteiger partial charge on any atom is 0.333 e. The molecule has 1 rings (SSSR count). The normalized spacial score (nSPS) is 20.9. The predicted octanol–water partition coefficient (Wildman–Crippen LogP) is 3.92. The molecule has 0 bridgehead atoms. The summed E-state index contributed by atoms with van der Waals surface area (Å²) in [4.78, 5) is 11.4. The molecule has 0 aromatic carbocycles. The number of aliphatic hydroxyl groups excluding tert-OH is 1. The molecule has 1 heterocycles. The highest BCUT2D eigenvalue weighted by Gasteiger charge is 2.22. The van der Waals surface area contributed by atoms with Crippen molar-refractivity contribution >= 4 is 5.97 Å². The van der Waals surface area contributed by atoms with Gasteiger partial charge in [-0.05, 0) is 25.7 Å². The third kappa shape index (κ3) is 7.49. The van der Waals surface area contributed by atoms with Crippen molar-refractivity contribution in [2.45, 2.75) is 70.3 Å². The van der Waals surface area contributed by atoms with E-state index in [9.17, 15) is 9.90 Å². The molecule has 0 aromatic heterocycles. The zero-order valence-electron chi connectivity index (χ0n) is 12.5. The molecule has 3 nitrogen and oxygen atoms in total. The molecule has 1 N–H and O–H groups in total. The van der Waals surface area contributed by atoms with Gasteiger partial charge >= 0.3 is 5.97 Å². The highest BCUT2D eigenvalue weighted by atomic mass is 16.5. The van der Waals surface area contributed by atoms with Gasteiger partial charge in [0, 0.05) is 12.0 Å². The molecule has 0 aliphatic carbocycles. The van der Waals surface area contributed by atoms with E-state index in [2.05, 4.69) is 6.58 Å². The molecule has 1 aliphatic heterocycles. The quantitative estimate of drug-likeness (QED) is 0.285. The van der Waals surface area contributed by atoms with Crippen molar-refractivity contribution in [2.75, 3.05) is 6.61 Å². The Kier molecular flexibility index (Phi) is 9.05. The van der Waals surface area contributed by atoms with Crippen LogP contribution in [0.5, 0.6) is 0 Å². The summed E-state index contributed by atoms with van der Waals surface area (Å²) in [6, 6.07) is 0. The smallest absolute Gasteiger partial charge is 0.333 e. The zero-order valence-corrected chi connectivity index (χ0v) is 12.5. The summed E-state index contributed by atoms with van der Waals surface area (Å²) in [6.07, 6.45) is 14.7. The first-order valence-electron chi connectivity index (χ1n) is 7.89. The molecular formula is C17H28O3. The van der Waals surface area contributed by atoms with Crippen LogP contribution in [0.4, 0.5) is 0 Å². The predicted molar refractivity (Wildman–Crippen MR) is 81.4 cm³/mol. The number of allylic oxidation sites excluding steroid dienone is 2. The van der Waals surface area contributed by atoms with E-state index >= 15 is 0 Å². The SMILES string of the molecule is C=CCCCCCCCCCC=C1CC(O)COC1=O. The summed E-state index contributed by atoms with van der Waals surface area (Å²) in [6.45, 7) is 3.86. The fraction of sp³-hybridized carbons (Fsp3) is 0.706. The monoisotopic (exact) mass is 280 g/mol. The minimum atomic E-state index is -0.519. The third-order valence-corrected chi connectivity index (χ3v) is 3.63. The van der Waals surface area contributed by atoms with E-state index in [0.29, 0.717) is 12.0 Å². The molecular weight excluding hydrogens is 252 g/mol. The van der Waals surface area contributed by atoms with Gasteiger partial charge in [-0.1, -0.05) is 44.3 Å². The van der Waals surface area contributed by atoms with E-state index in [1.54, 1.807) is 0 Å². The maximum atomic E-state index is 11.4. The van der Waals surface area contributed by atoms with Crippen molar-refractivity contribution < 1.29 is 14.6 Å². The molecule has 1 aliphatic rings. The number of rotatable bonds is 10. The van der Waals surface area contributed by atoms with Gasteiger partial charge in [-0.2, -0.15) is 0 Å². The van der Waals surface area contributed by atoms with Gasteiger partial charge in [0.05, 0.1) is 6.10 Å². The van der Waals surface area contributed by atoms with Crippen molar-refractivity contribution in [3.8, 4) is 0 Å². The summed E-state index contributed by atoms with van der Waals surface area (Å²) >= 11 is 0. The molecule has 0 saturated carbocycles. The molecule has 0 aromatic rings. The van der Waals surface area contributed by atoms with Gasteiger partial charge in [0.25, 0.3) is 0 Å². The molecule has 0 amide bonds. The van der Waals surface area contributed by atoms with Crippen LogP contribution in [-0.2, 0) is 9.53 Å². The lowest BCUT2D eigenvalue weighted by Gasteiger charge is -2.19. The maximum absolute atomic E-state index is 11.4. The van der Waals surface area contributed by atoms with Crippen molar-refractivity contribution in [1.82, 2.24) is 0 Å². The fourth-order valence-electron chi connectivity index (χ4n) is 2.42. The number of cyclic esters (lactones) is 1. The minimum Gasteiger partial charge on any atom is -0.460 e. The van der Waals surface area contributed by atoms with Crippen LogP contribution in [0.15, 0.2) is 24.3 Å². The molecule has 114 valence electrons. The second-order valence-electron chi connectivity index (χ2n) is 5.53. The summed E-state index contributed by atoms with van der Waals surface area (Å²) in [5.74, 6) is -0.252. The first kappa shape index (κ1) is 17.0. The Labute approximate surface area is 122 Å². The lowest BCUT2D eigenvalue weighted by Crippen LogP contribution is -2.27. The molecule has 1 atom stereocenters. The number of ether oxygens (including phenoxy) is 1. The average Bonchev–Trinajstić information content (AvgIpc) is 2.44. The molecule has 0 spiro atoms. The molecule has 0 radical (unpaired) electrons. The van der Waals surface area contributed by atoms with Crippen molar-refractivity contribution in [3.05, 3.63) is 24.3 Å². The van der Waals surface area contributed by atoms with Crippen molar-refractivity contribution in [3.63, 3.8) is 0 Å². The van der Waals surface area contributed by atoms with Crippen LogP contribution >= 0.6 is 0 Å². The Bertz CT molecular complexity index is 320. The largest absolute Gasteiger partial charge is 0.460 e. The lowest BCUT2D eigenvalue weighted by molar-refractivity contribution is -0.146. The Balaban J connectivity index is 1.98. The van der Waals surface area contributed by atoms with Gasteiger partial charge in [0.15, 0.2) is 0 Å². The number of carbonyl (C=O) groups is 1. The van der Waals surface area contributed by atoms with Gasteiger partial charge in [0.1, 0.15) is 6.61 Å². The second kappa shape index (κ2) is 10.7. The highest BCUT2D eigenvalue weighted by molar-refractivity contribution is 5.89. The van der Waals surface area contributed by atoms with E-state index in [1.807, 2.05) is 12.2 Å². The van der Waals surface area contributed by atoms with E-state index in [4.69, 9.17) is 4.74 Å². The number of aliphatic hydroxyl groups is 1. The number of unbranched alkanes of at least 4 members (excludes halogenated alkanes) is 8. The standard InChI is InChI=1S/C17H28O3/c1-2-3-4-5-6-7-8-9-10-11-12-15-13-16(18)14-20-17(15)19/h2,12,16,18H,1,3-11,13-14H2. The van der Waals surface area contributed by atoms with Crippen LogP contribution < -0.4 is 0 Å². The number of hydrogen-bond acceptors (Lipinski definition) is 3. The first-order chi connectivity index (χ1) is 9.74. The number of esters is 1. The van der Waals surface area contributed by atoms with E-state index in [1.165, 1.54) is 38.5 Å². The van der Waals surface area contributed by atoms with Gasteiger partial charge in [-0.25, -0.2) is 4.79 Å². The molecule has 20 heavy (non-hydrogen) atoms. The molecule has 1 saturated heterocycles.